The Hall–Kier alpha value is -0.970. The van der Waals surface area contributed by atoms with Gasteiger partial charge < -0.3 is 19.7 Å². The minimum Gasteiger partial charge on any atom is -0.493 e. The predicted molar refractivity (Wildman–Crippen MR) is 107 cm³/mol. The van der Waals surface area contributed by atoms with Crippen LogP contribution in [0.2, 0.25) is 5.02 Å². The Balaban J connectivity index is 2.42. The molecule has 0 unspecified atom stereocenters. The molecule has 1 rings (SSSR count). The number of ether oxygens (including phenoxy) is 2. The molecule has 0 aliphatic rings. The molecule has 5 heteroatoms. The number of benzene rings is 1. The number of hydrogen-bond acceptors (Lipinski definition) is 4. The van der Waals surface area contributed by atoms with Crippen molar-refractivity contribution in [2.75, 3.05) is 40.4 Å². The number of nitrogens with one attached hydrogen (secondary N) is 1. The number of nitrogens with zero attached hydrogens (tertiary/aromatic N) is 1. The van der Waals surface area contributed by atoms with Crippen LogP contribution < -0.4 is 14.8 Å². The molecule has 0 amide bonds. The molecule has 0 saturated heterocycles. The van der Waals surface area contributed by atoms with Crippen LogP contribution in [0.1, 0.15) is 51.5 Å². The number of halogens is 1. The Morgan fingerprint density at radius 3 is 2.16 bits per heavy atom. The van der Waals surface area contributed by atoms with E-state index >= 15 is 0 Å². The molecule has 0 radical (unpaired) electrons. The number of rotatable bonds is 14. The highest BCUT2D eigenvalue weighted by atomic mass is 35.5. The number of methoxy groups -OCH3 is 2. The van der Waals surface area contributed by atoms with Crippen LogP contribution in [0.15, 0.2) is 12.1 Å². The van der Waals surface area contributed by atoms with E-state index in [0.717, 1.165) is 37.4 Å². The molecule has 0 spiro atoms. The van der Waals surface area contributed by atoms with Crippen LogP contribution >= 0.6 is 11.6 Å². The molecule has 1 N–H and O–H groups in total. The minimum absolute atomic E-state index is 0.666. The van der Waals surface area contributed by atoms with E-state index in [9.17, 15) is 0 Å². The van der Waals surface area contributed by atoms with Gasteiger partial charge in [0.05, 0.1) is 14.2 Å². The summed E-state index contributed by atoms with van der Waals surface area (Å²) in [5.41, 5.74) is 1.03. The van der Waals surface area contributed by atoms with E-state index in [1.54, 1.807) is 20.3 Å². The van der Waals surface area contributed by atoms with Crippen LogP contribution in [-0.4, -0.2) is 45.3 Å². The first kappa shape index (κ1) is 22.1. The third kappa shape index (κ3) is 8.30. The van der Waals surface area contributed by atoms with E-state index in [1.165, 1.54) is 38.8 Å². The third-order valence-electron chi connectivity index (χ3n) is 4.32. The van der Waals surface area contributed by atoms with Crippen molar-refractivity contribution >= 4 is 11.6 Å². The molecular formula is C20H35ClN2O2. The Morgan fingerprint density at radius 1 is 0.960 bits per heavy atom. The van der Waals surface area contributed by atoms with E-state index in [-0.39, 0.29) is 0 Å². The van der Waals surface area contributed by atoms with Crippen molar-refractivity contribution < 1.29 is 9.47 Å². The van der Waals surface area contributed by atoms with E-state index in [2.05, 4.69) is 24.1 Å². The first-order chi connectivity index (χ1) is 12.2. The van der Waals surface area contributed by atoms with Crippen molar-refractivity contribution in [3.63, 3.8) is 0 Å². The predicted octanol–water partition coefficient (Wildman–Crippen LogP) is 4.74. The van der Waals surface area contributed by atoms with Crippen LogP contribution in [0.4, 0.5) is 0 Å². The van der Waals surface area contributed by atoms with Crippen LogP contribution in [0.25, 0.3) is 0 Å². The van der Waals surface area contributed by atoms with E-state index < -0.39 is 0 Å². The van der Waals surface area contributed by atoms with Gasteiger partial charge in [-0.05, 0) is 51.5 Å². The standard InChI is InChI=1S/C20H35ClN2O2/c1-5-7-11-23(12-8-6-2)13-9-10-22-16-17-14-18(21)15-19(24-3)20(17)25-4/h14-15,22H,5-13,16H2,1-4H3. The largest absolute Gasteiger partial charge is 0.493 e. The molecule has 25 heavy (non-hydrogen) atoms. The highest BCUT2D eigenvalue weighted by Gasteiger charge is 2.11. The lowest BCUT2D eigenvalue weighted by atomic mass is 10.1. The van der Waals surface area contributed by atoms with Gasteiger partial charge in [-0.1, -0.05) is 38.3 Å². The molecule has 4 nitrogen and oxygen atoms in total. The summed E-state index contributed by atoms with van der Waals surface area (Å²) in [5.74, 6) is 1.43. The molecule has 0 atom stereocenters. The fraction of sp³-hybridized carbons (Fsp3) is 0.700. The lowest BCUT2D eigenvalue weighted by Gasteiger charge is -2.22. The Kier molecular flexibility index (Phi) is 11.7. The molecule has 0 aromatic heterocycles. The Labute approximate surface area is 158 Å². The van der Waals surface area contributed by atoms with Gasteiger partial charge in [0.15, 0.2) is 11.5 Å². The molecule has 0 fully saturated rings. The fourth-order valence-corrected chi connectivity index (χ4v) is 3.12. The van der Waals surface area contributed by atoms with Gasteiger partial charge in [0.25, 0.3) is 0 Å². The summed E-state index contributed by atoms with van der Waals surface area (Å²) in [7, 11) is 3.29. The summed E-state index contributed by atoms with van der Waals surface area (Å²) in [5, 5.41) is 4.17. The van der Waals surface area contributed by atoms with Crippen LogP contribution in [-0.2, 0) is 6.54 Å². The molecule has 0 aliphatic carbocycles. The van der Waals surface area contributed by atoms with E-state index in [4.69, 9.17) is 21.1 Å². The monoisotopic (exact) mass is 370 g/mol. The summed E-state index contributed by atoms with van der Waals surface area (Å²) in [6, 6.07) is 3.72. The third-order valence-corrected chi connectivity index (χ3v) is 4.54. The molecule has 0 heterocycles. The van der Waals surface area contributed by atoms with Gasteiger partial charge in [-0.15, -0.1) is 0 Å². The van der Waals surface area contributed by atoms with Crippen molar-refractivity contribution in [3.8, 4) is 11.5 Å². The second kappa shape index (κ2) is 13.3. The zero-order valence-corrected chi connectivity index (χ0v) is 17.1. The van der Waals surface area contributed by atoms with Crippen molar-refractivity contribution in [1.29, 1.82) is 0 Å². The average molecular weight is 371 g/mol. The zero-order chi connectivity index (χ0) is 18.5. The zero-order valence-electron chi connectivity index (χ0n) is 16.4. The van der Waals surface area contributed by atoms with Crippen LogP contribution in [0, 0.1) is 0 Å². The summed E-state index contributed by atoms with van der Waals surface area (Å²) in [6.07, 6.45) is 6.25. The summed E-state index contributed by atoms with van der Waals surface area (Å²) in [4.78, 5) is 2.59. The maximum absolute atomic E-state index is 6.17. The van der Waals surface area contributed by atoms with Crippen LogP contribution in [0.3, 0.4) is 0 Å². The van der Waals surface area contributed by atoms with Gasteiger partial charge in [0, 0.05) is 23.2 Å². The Bertz CT molecular complexity index is 475. The first-order valence-corrected chi connectivity index (χ1v) is 9.87. The number of hydrogen-bond donors (Lipinski definition) is 1. The molecule has 0 saturated carbocycles. The average Bonchev–Trinajstić information content (AvgIpc) is 2.62. The molecule has 0 bridgehead atoms. The summed E-state index contributed by atoms with van der Waals surface area (Å²) in [6.45, 7) is 9.81. The minimum atomic E-state index is 0.666. The fourth-order valence-electron chi connectivity index (χ4n) is 2.89. The molecule has 0 aliphatic heterocycles. The highest BCUT2D eigenvalue weighted by Crippen LogP contribution is 2.34. The Morgan fingerprint density at radius 2 is 1.60 bits per heavy atom. The maximum Gasteiger partial charge on any atom is 0.165 e. The lowest BCUT2D eigenvalue weighted by molar-refractivity contribution is 0.261. The van der Waals surface area contributed by atoms with E-state index in [1.807, 2.05) is 6.07 Å². The summed E-state index contributed by atoms with van der Waals surface area (Å²) >= 11 is 6.17. The van der Waals surface area contributed by atoms with Gasteiger partial charge in [-0.3, -0.25) is 0 Å². The topological polar surface area (TPSA) is 33.7 Å². The van der Waals surface area contributed by atoms with Gasteiger partial charge in [-0.2, -0.15) is 0 Å². The second-order valence-electron chi connectivity index (χ2n) is 6.38. The second-order valence-corrected chi connectivity index (χ2v) is 6.82. The lowest BCUT2D eigenvalue weighted by Crippen LogP contribution is -2.29. The van der Waals surface area contributed by atoms with E-state index in [0.29, 0.717) is 10.8 Å². The molecular weight excluding hydrogens is 336 g/mol. The van der Waals surface area contributed by atoms with Crippen molar-refractivity contribution in [2.24, 2.45) is 0 Å². The van der Waals surface area contributed by atoms with Crippen molar-refractivity contribution in [1.82, 2.24) is 10.2 Å². The van der Waals surface area contributed by atoms with Crippen molar-refractivity contribution in [3.05, 3.63) is 22.7 Å². The van der Waals surface area contributed by atoms with Crippen molar-refractivity contribution in [2.45, 2.75) is 52.5 Å². The smallest absolute Gasteiger partial charge is 0.165 e. The van der Waals surface area contributed by atoms with Gasteiger partial charge in [0.2, 0.25) is 0 Å². The quantitative estimate of drug-likeness (QED) is 0.479. The molecule has 1 aromatic carbocycles. The molecule has 1 aromatic rings. The maximum atomic E-state index is 6.17. The summed E-state index contributed by atoms with van der Waals surface area (Å²) < 4.78 is 10.8. The normalized spacial score (nSPS) is 11.1. The van der Waals surface area contributed by atoms with Gasteiger partial charge >= 0.3 is 0 Å². The molecule has 144 valence electrons. The highest BCUT2D eigenvalue weighted by molar-refractivity contribution is 6.30. The van der Waals surface area contributed by atoms with Gasteiger partial charge in [0.1, 0.15) is 0 Å². The van der Waals surface area contributed by atoms with Crippen LogP contribution in [0.5, 0.6) is 11.5 Å². The number of unbranched alkanes of at least 4 members (excludes halogenated alkanes) is 2. The SMILES string of the molecule is CCCCN(CCCC)CCCNCc1cc(Cl)cc(OC)c1OC. The van der Waals surface area contributed by atoms with Gasteiger partial charge in [-0.25, -0.2) is 0 Å². The first-order valence-electron chi connectivity index (χ1n) is 9.49.